The highest BCUT2D eigenvalue weighted by Crippen LogP contribution is 2.31. The largest absolute Gasteiger partial charge is 0.349 e. The molecule has 1 aromatic carbocycles. The maximum atomic E-state index is 12.0. The summed E-state index contributed by atoms with van der Waals surface area (Å²) < 4.78 is 1.66. The van der Waals surface area contributed by atoms with Crippen molar-refractivity contribution < 1.29 is 4.79 Å². The van der Waals surface area contributed by atoms with Gasteiger partial charge in [0.05, 0.1) is 12.7 Å². The highest BCUT2D eigenvalue weighted by molar-refractivity contribution is 5.91. The summed E-state index contributed by atoms with van der Waals surface area (Å²) in [5.41, 5.74) is 7.40. The molecule has 7 heteroatoms. The first-order chi connectivity index (χ1) is 10.2. The van der Waals surface area contributed by atoms with E-state index in [0.29, 0.717) is 24.7 Å². The summed E-state index contributed by atoms with van der Waals surface area (Å²) >= 11 is 0. The van der Waals surface area contributed by atoms with E-state index in [9.17, 15) is 4.79 Å². The van der Waals surface area contributed by atoms with Crippen molar-refractivity contribution in [2.45, 2.75) is 25.4 Å². The van der Waals surface area contributed by atoms with E-state index in [1.807, 2.05) is 30.3 Å². The van der Waals surface area contributed by atoms with Crippen molar-refractivity contribution in [3.63, 3.8) is 0 Å². The average molecular weight is 322 g/mol. The molecule has 1 unspecified atom stereocenters. The molecule has 0 bridgehead atoms. The number of carbonyl (C=O) groups excluding carboxylic acids is 1. The summed E-state index contributed by atoms with van der Waals surface area (Å²) in [7, 11) is 0. The number of hydrogen-bond acceptors (Lipinski definition) is 4. The van der Waals surface area contributed by atoms with Gasteiger partial charge in [-0.2, -0.15) is 0 Å². The second-order valence-electron chi connectivity index (χ2n) is 5.50. The Labute approximate surface area is 135 Å². The smallest absolute Gasteiger partial charge is 0.273 e. The topological polar surface area (TPSA) is 85.8 Å². The third-order valence-corrected chi connectivity index (χ3v) is 3.68. The Morgan fingerprint density at radius 3 is 2.77 bits per heavy atom. The van der Waals surface area contributed by atoms with Gasteiger partial charge in [0.1, 0.15) is 0 Å². The number of rotatable bonds is 6. The van der Waals surface area contributed by atoms with E-state index in [4.69, 9.17) is 5.73 Å². The minimum atomic E-state index is -0.217. The van der Waals surface area contributed by atoms with Gasteiger partial charge in [-0.25, -0.2) is 4.68 Å². The third-order valence-electron chi connectivity index (χ3n) is 3.68. The van der Waals surface area contributed by atoms with Gasteiger partial charge >= 0.3 is 0 Å². The number of nitrogens with one attached hydrogen (secondary N) is 1. The standard InChI is InChI=1S/C15H19N5O.ClH/c16-13(12-6-7-12)8-17-15(21)14-10-20(19-18-14)9-11-4-2-1-3-5-11;/h1-5,10,12-13H,6-9,16H2,(H,17,21);1H. The number of nitrogens with two attached hydrogens (primary N) is 1. The van der Waals surface area contributed by atoms with Crippen LogP contribution >= 0.6 is 12.4 Å². The Morgan fingerprint density at radius 2 is 2.09 bits per heavy atom. The number of nitrogens with zero attached hydrogens (tertiary/aromatic N) is 3. The SMILES string of the molecule is Cl.NC(CNC(=O)c1cn(Cc2ccccc2)nn1)C1CC1. The van der Waals surface area contributed by atoms with Crippen molar-refractivity contribution >= 4 is 18.3 Å². The first-order valence-corrected chi connectivity index (χ1v) is 7.20. The maximum absolute atomic E-state index is 12.0. The molecule has 1 saturated carbocycles. The molecular weight excluding hydrogens is 302 g/mol. The Balaban J connectivity index is 0.00000176. The number of benzene rings is 1. The van der Waals surface area contributed by atoms with Crippen molar-refractivity contribution in [1.82, 2.24) is 20.3 Å². The van der Waals surface area contributed by atoms with Crippen LogP contribution < -0.4 is 11.1 Å². The first kappa shape index (κ1) is 16.5. The van der Waals surface area contributed by atoms with Crippen LogP contribution in [0.5, 0.6) is 0 Å². The van der Waals surface area contributed by atoms with Crippen molar-refractivity contribution in [1.29, 1.82) is 0 Å². The lowest BCUT2D eigenvalue weighted by Crippen LogP contribution is -2.38. The summed E-state index contributed by atoms with van der Waals surface area (Å²) in [6, 6.07) is 9.98. The van der Waals surface area contributed by atoms with E-state index >= 15 is 0 Å². The monoisotopic (exact) mass is 321 g/mol. The van der Waals surface area contributed by atoms with Gasteiger partial charge in [0.15, 0.2) is 5.69 Å². The number of hydrogen-bond donors (Lipinski definition) is 2. The van der Waals surface area contributed by atoms with Gasteiger partial charge in [0, 0.05) is 12.6 Å². The van der Waals surface area contributed by atoms with Crippen LogP contribution in [-0.2, 0) is 6.54 Å². The van der Waals surface area contributed by atoms with Crippen LogP contribution in [0, 0.1) is 5.92 Å². The molecule has 0 saturated heterocycles. The number of carbonyl (C=O) groups is 1. The zero-order chi connectivity index (χ0) is 14.7. The molecule has 3 N–H and O–H groups in total. The molecule has 3 rings (SSSR count). The molecule has 6 nitrogen and oxygen atoms in total. The molecule has 118 valence electrons. The van der Waals surface area contributed by atoms with E-state index in [1.54, 1.807) is 10.9 Å². The maximum Gasteiger partial charge on any atom is 0.273 e. The lowest BCUT2D eigenvalue weighted by molar-refractivity contribution is 0.0945. The fraction of sp³-hybridized carbons (Fsp3) is 0.400. The molecule has 1 fully saturated rings. The highest BCUT2D eigenvalue weighted by atomic mass is 35.5. The summed E-state index contributed by atoms with van der Waals surface area (Å²) in [5, 5.41) is 10.7. The molecular formula is C15H20ClN5O. The van der Waals surface area contributed by atoms with Gasteiger partial charge in [-0.05, 0) is 24.3 Å². The van der Waals surface area contributed by atoms with Crippen LogP contribution in [0.1, 0.15) is 28.9 Å². The molecule has 2 aromatic rings. The van der Waals surface area contributed by atoms with Gasteiger partial charge in [0.25, 0.3) is 5.91 Å². The molecule has 1 atom stereocenters. The van der Waals surface area contributed by atoms with E-state index in [1.165, 1.54) is 12.8 Å². The molecule has 1 heterocycles. The Morgan fingerprint density at radius 1 is 1.36 bits per heavy atom. The lowest BCUT2D eigenvalue weighted by atomic mass is 10.2. The fourth-order valence-electron chi connectivity index (χ4n) is 2.24. The normalized spacial score (nSPS) is 15.0. The van der Waals surface area contributed by atoms with E-state index in [2.05, 4.69) is 15.6 Å². The minimum Gasteiger partial charge on any atom is -0.349 e. The summed E-state index contributed by atoms with van der Waals surface area (Å²) in [4.78, 5) is 12.0. The van der Waals surface area contributed by atoms with Crippen molar-refractivity contribution in [2.24, 2.45) is 11.7 Å². The van der Waals surface area contributed by atoms with Gasteiger partial charge in [-0.1, -0.05) is 35.5 Å². The lowest BCUT2D eigenvalue weighted by Gasteiger charge is -2.10. The molecule has 0 radical (unpaired) electrons. The molecule has 1 amide bonds. The van der Waals surface area contributed by atoms with Crippen LogP contribution in [0.3, 0.4) is 0 Å². The van der Waals surface area contributed by atoms with Gasteiger partial charge in [0.2, 0.25) is 0 Å². The minimum absolute atomic E-state index is 0. The second-order valence-corrected chi connectivity index (χ2v) is 5.50. The van der Waals surface area contributed by atoms with Gasteiger partial charge in [-0.15, -0.1) is 17.5 Å². The molecule has 0 aliphatic heterocycles. The fourth-order valence-corrected chi connectivity index (χ4v) is 2.24. The highest BCUT2D eigenvalue weighted by Gasteiger charge is 2.28. The Kier molecular flexibility index (Phi) is 5.51. The Hall–Kier alpha value is -1.92. The van der Waals surface area contributed by atoms with Crippen molar-refractivity contribution in [2.75, 3.05) is 6.54 Å². The molecule has 1 aromatic heterocycles. The predicted octanol–water partition coefficient (Wildman–Crippen LogP) is 1.22. The zero-order valence-corrected chi connectivity index (χ0v) is 13.0. The quantitative estimate of drug-likeness (QED) is 0.837. The first-order valence-electron chi connectivity index (χ1n) is 7.20. The number of halogens is 1. The average Bonchev–Trinajstić information content (AvgIpc) is 3.26. The third kappa shape index (κ3) is 4.29. The van der Waals surface area contributed by atoms with Crippen LogP contribution in [-0.4, -0.2) is 33.5 Å². The van der Waals surface area contributed by atoms with E-state index < -0.39 is 0 Å². The summed E-state index contributed by atoms with van der Waals surface area (Å²) in [5.74, 6) is 0.351. The van der Waals surface area contributed by atoms with Gasteiger partial charge < -0.3 is 11.1 Å². The van der Waals surface area contributed by atoms with Crippen LogP contribution in [0.15, 0.2) is 36.5 Å². The number of amides is 1. The predicted molar refractivity (Wildman–Crippen MR) is 85.8 cm³/mol. The van der Waals surface area contributed by atoms with Crippen LogP contribution in [0.4, 0.5) is 0 Å². The molecule has 0 spiro atoms. The summed E-state index contributed by atoms with van der Waals surface area (Å²) in [6.45, 7) is 1.09. The van der Waals surface area contributed by atoms with Gasteiger partial charge in [-0.3, -0.25) is 4.79 Å². The zero-order valence-electron chi connectivity index (χ0n) is 12.2. The second kappa shape index (κ2) is 7.38. The number of aromatic nitrogens is 3. The van der Waals surface area contributed by atoms with E-state index in [-0.39, 0.29) is 24.4 Å². The molecule has 22 heavy (non-hydrogen) atoms. The van der Waals surface area contributed by atoms with Crippen molar-refractivity contribution in [3.05, 3.63) is 47.8 Å². The van der Waals surface area contributed by atoms with E-state index in [0.717, 1.165) is 5.56 Å². The van der Waals surface area contributed by atoms with Crippen LogP contribution in [0.2, 0.25) is 0 Å². The Bertz CT molecular complexity index is 611. The van der Waals surface area contributed by atoms with Crippen molar-refractivity contribution in [3.8, 4) is 0 Å². The summed E-state index contributed by atoms with van der Waals surface area (Å²) in [6.07, 6.45) is 4.00. The molecule has 1 aliphatic carbocycles. The molecule has 1 aliphatic rings. The van der Waals surface area contributed by atoms with Crippen LogP contribution in [0.25, 0.3) is 0 Å².